The van der Waals surface area contributed by atoms with Crippen molar-refractivity contribution >= 4 is 18.0 Å². The van der Waals surface area contributed by atoms with E-state index >= 15 is 0 Å². The van der Waals surface area contributed by atoms with Gasteiger partial charge in [-0.2, -0.15) is 0 Å². The number of ether oxygens (including phenoxy) is 1. The second-order valence-electron chi connectivity index (χ2n) is 5.75. The fourth-order valence-electron chi connectivity index (χ4n) is 2.02. The largest absolute Gasteiger partial charge is 0.444 e. The van der Waals surface area contributed by atoms with Crippen molar-refractivity contribution in [2.45, 2.75) is 37.7 Å². The van der Waals surface area contributed by atoms with Gasteiger partial charge in [0, 0.05) is 37.5 Å². The molecule has 0 aromatic carbocycles. The van der Waals surface area contributed by atoms with Crippen molar-refractivity contribution in [3.8, 4) is 0 Å². The van der Waals surface area contributed by atoms with Crippen LogP contribution in [-0.2, 0) is 4.74 Å². The summed E-state index contributed by atoms with van der Waals surface area (Å²) in [7, 11) is 0. The van der Waals surface area contributed by atoms with E-state index in [0.717, 1.165) is 26.2 Å². The lowest BCUT2D eigenvalue weighted by molar-refractivity contribution is -0.0267. The summed E-state index contributed by atoms with van der Waals surface area (Å²) in [6, 6.07) is 0.505. The Hall–Kier alpha value is -0.460. The first-order valence-electron chi connectivity index (χ1n) is 5.96. The average molecular weight is 259 g/mol. The highest BCUT2D eigenvalue weighted by atomic mass is 32.2. The highest BCUT2D eigenvalue weighted by Crippen LogP contribution is 2.26. The van der Waals surface area contributed by atoms with E-state index in [-0.39, 0.29) is 6.09 Å². The summed E-state index contributed by atoms with van der Waals surface area (Å²) in [5.41, 5.74) is -0.403. The van der Waals surface area contributed by atoms with Gasteiger partial charge in [0.15, 0.2) is 0 Å². The summed E-state index contributed by atoms with van der Waals surface area (Å²) in [4.78, 5) is 15.8. The SMILES string of the molecule is CC(C)(C)OC(=O)N1CC(N2CC(SN)C2)C1. The minimum Gasteiger partial charge on any atom is -0.444 e. The second-order valence-corrected chi connectivity index (χ2v) is 6.69. The van der Waals surface area contributed by atoms with Gasteiger partial charge < -0.3 is 9.64 Å². The molecule has 0 radical (unpaired) electrons. The molecule has 0 saturated carbocycles. The number of likely N-dealkylation sites (tertiary alicyclic amines) is 2. The third-order valence-corrected chi connectivity index (χ3v) is 3.78. The van der Waals surface area contributed by atoms with E-state index in [0.29, 0.717) is 11.3 Å². The van der Waals surface area contributed by atoms with E-state index in [4.69, 9.17) is 9.88 Å². The van der Waals surface area contributed by atoms with Gasteiger partial charge in [-0.1, -0.05) is 11.9 Å². The van der Waals surface area contributed by atoms with Gasteiger partial charge in [0.1, 0.15) is 5.60 Å². The topological polar surface area (TPSA) is 58.8 Å². The van der Waals surface area contributed by atoms with Crippen molar-refractivity contribution in [1.82, 2.24) is 9.80 Å². The van der Waals surface area contributed by atoms with Gasteiger partial charge in [-0.05, 0) is 20.8 Å². The number of hydrogen-bond donors (Lipinski definition) is 1. The average Bonchev–Trinajstić information content (AvgIpc) is 2.02. The smallest absolute Gasteiger partial charge is 0.410 e. The standard InChI is InChI=1S/C11H21N3O2S/c1-11(2,3)16-10(15)14-4-8(5-14)13-6-9(7-13)17-12/h8-9H,4-7,12H2,1-3H3. The quantitative estimate of drug-likeness (QED) is 0.747. The first-order valence-corrected chi connectivity index (χ1v) is 6.91. The number of hydrogen-bond acceptors (Lipinski definition) is 5. The summed E-state index contributed by atoms with van der Waals surface area (Å²) in [5.74, 6) is 0. The first-order chi connectivity index (χ1) is 7.89. The van der Waals surface area contributed by atoms with Gasteiger partial charge in [0.25, 0.3) is 0 Å². The molecule has 2 heterocycles. The fraction of sp³-hybridized carbons (Fsp3) is 0.909. The summed E-state index contributed by atoms with van der Waals surface area (Å²) in [6.07, 6.45) is -0.195. The molecule has 2 aliphatic rings. The van der Waals surface area contributed by atoms with Crippen LogP contribution in [0.4, 0.5) is 4.79 Å². The molecule has 2 saturated heterocycles. The predicted molar refractivity (Wildman–Crippen MR) is 68.7 cm³/mol. The van der Waals surface area contributed by atoms with Crippen molar-refractivity contribution in [2.75, 3.05) is 26.2 Å². The number of nitrogens with two attached hydrogens (primary N) is 1. The van der Waals surface area contributed by atoms with Crippen LogP contribution >= 0.6 is 11.9 Å². The highest BCUT2D eigenvalue weighted by molar-refractivity contribution is 7.97. The van der Waals surface area contributed by atoms with E-state index in [1.807, 2.05) is 20.8 Å². The first kappa shape index (κ1) is 13.0. The zero-order valence-electron chi connectivity index (χ0n) is 10.7. The molecule has 0 unspecified atom stereocenters. The molecule has 0 atom stereocenters. The molecule has 98 valence electrons. The van der Waals surface area contributed by atoms with Crippen molar-refractivity contribution in [1.29, 1.82) is 0 Å². The van der Waals surface area contributed by atoms with Crippen LogP contribution < -0.4 is 5.14 Å². The van der Waals surface area contributed by atoms with E-state index < -0.39 is 5.60 Å². The van der Waals surface area contributed by atoms with Gasteiger partial charge >= 0.3 is 6.09 Å². The molecule has 5 nitrogen and oxygen atoms in total. The van der Waals surface area contributed by atoms with Crippen LogP contribution in [0.25, 0.3) is 0 Å². The monoisotopic (exact) mass is 259 g/mol. The summed E-state index contributed by atoms with van der Waals surface area (Å²) >= 11 is 1.44. The van der Waals surface area contributed by atoms with Crippen molar-refractivity contribution in [2.24, 2.45) is 5.14 Å². The third kappa shape index (κ3) is 3.05. The second kappa shape index (κ2) is 4.66. The lowest BCUT2D eigenvalue weighted by Gasteiger charge is -2.51. The molecule has 0 aliphatic carbocycles. The van der Waals surface area contributed by atoms with Crippen LogP contribution in [0.3, 0.4) is 0 Å². The van der Waals surface area contributed by atoms with E-state index in [2.05, 4.69) is 4.90 Å². The Balaban J connectivity index is 1.67. The normalized spacial score (nSPS) is 23.2. The van der Waals surface area contributed by atoms with Crippen LogP contribution in [0.5, 0.6) is 0 Å². The molecule has 17 heavy (non-hydrogen) atoms. The lowest BCUT2D eigenvalue weighted by Crippen LogP contribution is -2.67. The Morgan fingerprint density at radius 3 is 2.35 bits per heavy atom. The minimum absolute atomic E-state index is 0.195. The molecular weight excluding hydrogens is 238 g/mol. The maximum atomic E-state index is 11.7. The van der Waals surface area contributed by atoms with Crippen LogP contribution in [0.2, 0.25) is 0 Å². The predicted octanol–water partition coefficient (Wildman–Crippen LogP) is 0.897. The van der Waals surface area contributed by atoms with Crippen LogP contribution in [-0.4, -0.2) is 59.0 Å². The molecule has 2 fully saturated rings. The molecule has 1 amide bonds. The molecule has 0 aromatic rings. The van der Waals surface area contributed by atoms with E-state index in [9.17, 15) is 4.79 Å². The molecule has 6 heteroatoms. The number of amides is 1. The summed E-state index contributed by atoms with van der Waals surface area (Å²) in [5, 5.41) is 6.08. The molecule has 2 aliphatic heterocycles. The molecule has 2 rings (SSSR count). The number of carbonyl (C=O) groups excluding carboxylic acids is 1. The van der Waals surface area contributed by atoms with Crippen molar-refractivity contribution in [3.63, 3.8) is 0 Å². The number of carbonyl (C=O) groups is 1. The van der Waals surface area contributed by atoms with E-state index in [1.54, 1.807) is 4.90 Å². The van der Waals surface area contributed by atoms with Gasteiger partial charge in [-0.3, -0.25) is 10.0 Å². The molecular formula is C11H21N3O2S. The molecule has 2 N–H and O–H groups in total. The zero-order valence-corrected chi connectivity index (χ0v) is 11.5. The zero-order chi connectivity index (χ0) is 12.6. The van der Waals surface area contributed by atoms with Gasteiger partial charge in [0.05, 0.1) is 0 Å². The maximum absolute atomic E-state index is 11.7. The van der Waals surface area contributed by atoms with Crippen LogP contribution in [0.15, 0.2) is 0 Å². The van der Waals surface area contributed by atoms with Crippen LogP contribution in [0.1, 0.15) is 20.8 Å². The maximum Gasteiger partial charge on any atom is 0.410 e. The Kier molecular flexibility index (Phi) is 3.56. The van der Waals surface area contributed by atoms with Gasteiger partial charge in [-0.25, -0.2) is 4.79 Å². The van der Waals surface area contributed by atoms with E-state index in [1.165, 1.54) is 11.9 Å². The molecule has 0 spiro atoms. The lowest BCUT2D eigenvalue weighted by atomic mass is 10.0. The Labute approximate surface area is 107 Å². The molecule has 0 bridgehead atoms. The highest BCUT2D eigenvalue weighted by Gasteiger charge is 2.41. The fourth-order valence-corrected chi connectivity index (χ4v) is 2.57. The number of nitrogens with zero attached hydrogens (tertiary/aromatic N) is 2. The van der Waals surface area contributed by atoms with Crippen molar-refractivity contribution < 1.29 is 9.53 Å². The Bertz CT molecular complexity index is 294. The Morgan fingerprint density at radius 2 is 1.88 bits per heavy atom. The van der Waals surface area contributed by atoms with Crippen LogP contribution in [0, 0.1) is 0 Å². The molecule has 0 aromatic heterocycles. The minimum atomic E-state index is -0.403. The van der Waals surface area contributed by atoms with Crippen molar-refractivity contribution in [3.05, 3.63) is 0 Å². The third-order valence-electron chi connectivity index (χ3n) is 3.10. The number of rotatable bonds is 2. The van der Waals surface area contributed by atoms with Gasteiger partial charge in [0.2, 0.25) is 0 Å². The summed E-state index contributed by atoms with van der Waals surface area (Å²) < 4.78 is 5.31. The summed E-state index contributed by atoms with van der Waals surface area (Å²) in [6.45, 7) is 9.34. The van der Waals surface area contributed by atoms with Gasteiger partial charge in [-0.15, -0.1) is 0 Å². The Morgan fingerprint density at radius 1 is 1.29 bits per heavy atom.